The lowest BCUT2D eigenvalue weighted by atomic mass is 9.89. The van der Waals surface area contributed by atoms with Gasteiger partial charge >= 0.3 is 0 Å². The lowest BCUT2D eigenvalue weighted by Crippen LogP contribution is -2.52. The Morgan fingerprint density at radius 3 is 3.31 bits per heavy atom. The van der Waals surface area contributed by atoms with E-state index < -0.39 is 0 Å². The van der Waals surface area contributed by atoms with Crippen LogP contribution in [0.25, 0.3) is 0 Å². The van der Waals surface area contributed by atoms with E-state index in [1.165, 1.54) is 5.75 Å². The van der Waals surface area contributed by atoms with Gasteiger partial charge in [0.25, 0.3) is 0 Å². The highest BCUT2D eigenvalue weighted by Gasteiger charge is 2.46. The molecule has 4 nitrogen and oxygen atoms in total. The van der Waals surface area contributed by atoms with Crippen LogP contribution in [0.4, 0.5) is 0 Å². The normalized spacial score (nSPS) is 34.7. The molecule has 3 heterocycles. The van der Waals surface area contributed by atoms with Crippen LogP contribution in [0.15, 0.2) is 12.3 Å². The van der Waals surface area contributed by atoms with E-state index in [0.717, 1.165) is 31.0 Å². The van der Waals surface area contributed by atoms with Crippen molar-refractivity contribution >= 4 is 11.8 Å². The molecule has 16 heavy (non-hydrogen) atoms. The van der Waals surface area contributed by atoms with Gasteiger partial charge in [0.15, 0.2) is 0 Å². The molecule has 0 aliphatic carbocycles. The average molecular weight is 239 g/mol. The van der Waals surface area contributed by atoms with Crippen LogP contribution < -0.4 is 5.32 Å². The Morgan fingerprint density at radius 2 is 2.62 bits per heavy atom. The van der Waals surface area contributed by atoms with Crippen molar-refractivity contribution in [2.24, 2.45) is 7.05 Å². The number of hydrogen-bond donors (Lipinski definition) is 1. The van der Waals surface area contributed by atoms with E-state index in [1.807, 2.05) is 29.7 Å². The molecule has 0 aromatic carbocycles. The van der Waals surface area contributed by atoms with Gasteiger partial charge in [-0.3, -0.25) is 4.68 Å². The third kappa shape index (κ3) is 1.67. The number of hydrogen-bond acceptors (Lipinski definition) is 4. The molecular weight excluding hydrogens is 222 g/mol. The first kappa shape index (κ1) is 10.6. The standard InChI is InChI=1S/C11H17N3OS/c1-14-5-2-9(13-14)10-11(3-7-16-8-11)15-6-4-12-10/h2,5,10,12H,3-4,6-8H2,1H3. The summed E-state index contributed by atoms with van der Waals surface area (Å²) in [7, 11) is 1.96. The Labute approximate surface area is 99.7 Å². The molecule has 2 aliphatic heterocycles. The summed E-state index contributed by atoms with van der Waals surface area (Å²) in [5.74, 6) is 2.28. The number of rotatable bonds is 1. The molecule has 0 bridgehead atoms. The van der Waals surface area contributed by atoms with Crippen molar-refractivity contribution < 1.29 is 4.74 Å². The van der Waals surface area contributed by atoms with Gasteiger partial charge in [-0.1, -0.05) is 0 Å². The van der Waals surface area contributed by atoms with Crippen LogP contribution in [0.1, 0.15) is 18.2 Å². The maximum absolute atomic E-state index is 6.07. The third-order valence-electron chi connectivity index (χ3n) is 3.41. The predicted molar refractivity (Wildman–Crippen MR) is 64.6 cm³/mol. The first-order chi connectivity index (χ1) is 7.80. The van der Waals surface area contributed by atoms with Crippen LogP contribution in [-0.2, 0) is 11.8 Å². The van der Waals surface area contributed by atoms with Crippen molar-refractivity contribution in [3.63, 3.8) is 0 Å². The molecule has 0 amide bonds. The highest BCUT2D eigenvalue weighted by atomic mass is 32.2. The molecule has 1 aromatic heterocycles. The zero-order valence-electron chi connectivity index (χ0n) is 9.48. The minimum absolute atomic E-state index is 0.0166. The van der Waals surface area contributed by atoms with Crippen molar-refractivity contribution in [1.29, 1.82) is 0 Å². The Bertz CT molecular complexity index is 373. The minimum Gasteiger partial charge on any atom is -0.371 e. The van der Waals surface area contributed by atoms with Gasteiger partial charge in [0.1, 0.15) is 0 Å². The second kappa shape index (κ2) is 4.05. The molecule has 2 fully saturated rings. The fourth-order valence-corrected chi connectivity index (χ4v) is 3.97. The topological polar surface area (TPSA) is 39.1 Å². The summed E-state index contributed by atoms with van der Waals surface area (Å²) in [6.07, 6.45) is 3.13. The lowest BCUT2D eigenvalue weighted by molar-refractivity contribution is -0.0807. The summed E-state index contributed by atoms with van der Waals surface area (Å²) >= 11 is 1.99. The van der Waals surface area contributed by atoms with E-state index >= 15 is 0 Å². The van der Waals surface area contributed by atoms with Gasteiger partial charge in [-0.25, -0.2) is 0 Å². The molecule has 0 saturated carbocycles. The number of nitrogens with zero attached hydrogens (tertiary/aromatic N) is 2. The van der Waals surface area contributed by atoms with Crippen molar-refractivity contribution in [3.8, 4) is 0 Å². The van der Waals surface area contributed by atoms with Gasteiger partial charge in [-0.15, -0.1) is 0 Å². The maximum Gasteiger partial charge on any atom is 0.0990 e. The minimum atomic E-state index is -0.0166. The first-order valence-electron chi connectivity index (χ1n) is 5.75. The Morgan fingerprint density at radius 1 is 1.69 bits per heavy atom. The smallest absolute Gasteiger partial charge is 0.0990 e. The Balaban J connectivity index is 1.91. The molecule has 0 radical (unpaired) electrons. The molecule has 2 aliphatic rings. The predicted octanol–water partition coefficient (Wildman–Crippen LogP) is 0.957. The van der Waals surface area contributed by atoms with Gasteiger partial charge in [0.2, 0.25) is 0 Å². The number of aromatic nitrogens is 2. The fraction of sp³-hybridized carbons (Fsp3) is 0.727. The number of morpholine rings is 1. The van der Waals surface area contributed by atoms with Crippen LogP contribution in [0, 0.1) is 0 Å². The molecule has 1 spiro atoms. The monoisotopic (exact) mass is 239 g/mol. The summed E-state index contributed by atoms with van der Waals surface area (Å²) in [4.78, 5) is 0. The van der Waals surface area contributed by atoms with Gasteiger partial charge in [0, 0.05) is 25.5 Å². The third-order valence-corrected chi connectivity index (χ3v) is 4.60. The van der Waals surface area contributed by atoms with E-state index in [2.05, 4.69) is 16.5 Å². The van der Waals surface area contributed by atoms with Crippen molar-refractivity contribution in [1.82, 2.24) is 15.1 Å². The van der Waals surface area contributed by atoms with Crippen molar-refractivity contribution in [2.75, 3.05) is 24.7 Å². The van der Waals surface area contributed by atoms with Crippen LogP contribution >= 0.6 is 11.8 Å². The van der Waals surface area contributed by atoms with Gasteiger partial charge < -0.3 is 10.1 Å². The van der Waals surface area contributed by atoms with Crippen molar-refractivity contribution in [3.05, 3.63) is 18.0 Å². The zero-order chi connectivity index (χ0) is 11.0. The highest BCUT2D eigenvalue weighted by Crippen LogP contribution is 2.42. The van der Waals surface area contributed by atoms with Gasteiger partial charge in [0.05, 0.1) is 23.9 Å². The fourth-order valence-electron chi connectivity index (χ4n) is 2.59. The van der Waals surface area contributed by atoms with Crippen LogP contribution in [0.3, 0.4) is 0 Å². The molecule has 3 rings (SSSR count). The van der Waals surface area contributed by atoms with Crippen molar-refractivity contribution in [2.45, 2.75) is 18.1 Å². The lowest BCUT2D eigenvalue weighted by Gasteiger charge is -2.40. The number of nitrogens with one attached hydrogen (secondary N) is 1. The summed E-state index contributed by atoms with van der Waals surface area (Å²) in [5, 5.41) is 8.09. The summed E-state index contributed by atoms with van der Waals surface area (Å²) in [6, 6.07) is 2.36. The molecule has 2 saturated heterocycles. The highest BCUT2D eigenvalue weighted by molar-refractivity contribution is 7.99. The molecule has 2 atom stereocenters. The summed E-state index contributed by atoms with van der Waals surface area (Å²) in [6.45, 7) is 1.75. The van der Waals surface area contributed by atoms with Crippen LogP contribution in [-0.4, -0.2) is 40.0 Å². The maximum atomic E-state index is 6.07. The number of aryl methyl sites for hydroxylation is 1. The quantitative estimate of drug-likeness (QED) is 0.792. The molecule has 1 N–H and O–H groups in total. The van der Waals surface area contributed by atoms with E-state index in [4.69, 9.17) is 4.74 Å². The second-order valence-electron chi connectivity index (χ2n) is 4.52. The Hall–Kier alpha value is -0.520. The zero-order valence-corrected chi connectivity index (χ0v) is 10.3. The Kier molecular flexibility index (Phi) is 2.69. The first-order valence-corrected chi connectivity index (χ1v) is 6.90. The van der Waals surface area contributed by atoms with Gasteiger partial charge in [-0.2, -0.15) is 16.9 Å². The van der Waals surface area contributed by atoms with Crippen LogP contribution in [0.2, 0.25) is 0 Å². The SMILES string of the molecule is Cn1ccc(C2NCCOC23CCSC3)n1. The molecule has 2 unspecified atom stereocenters. The summed E-state index contributed by atoms with van der Waals surface area (Å²) in [5.41, 5.74) is 1.10. The molecule has 88 valence electrons. The second-order valence-corrected chi connectivity index (χ2v) is 5.62. The van der Waals surface area contributed by atoms with E-state index in [9.17, 15) is 0 Å². The van der Waals surface area contributed by atoms with E-state index in [-0.39, 0.29) is 11.6 Å². The van der Waals surface area contributed by atoms with E-state index in [0.29, 0.717) is 0 Å². The number of ether oxygens (including phenoxy) is 1. The van der Waals surface area contributed by atoms with E-state index in [1.54, 1.807) is 0 Å². The van der Waals surface area contributed by atoms with Gasteiger partial charge in [-0.05, 0) is 18.2 Å². The molecule has 1 aromatic rings. The number of thioether (sulfide) groups is 1. The summed E-state index contributed by atoms with van der Waals surface area (Å²) < 4.78 is 7.93. The van der Waals surface area contributed by atoms with Crippen LogP contribution in [0.5, 0.6) is 0 Å². The average Bonchev–Trinajstić information content (AvgIpc) is 2.90. The molecular formula is C11H17N3OS. The molecule has 5 heteroatoms. The largest absolute Gasteiger partial charge is 0.371 e.